The van der Waals surface area contributed by atoms with E-state index >= 15 is 0 Å². The van der Waals surface area contributed by atoms with Gasteiger partial charge in [0.05, 0.1) is 19.9 Å². The number of rotatable bonds is 4. The van der Waals surface area contributed by atoms with Gasteiger partial charge in [-0.05, 0) is 39.3 Å². The zero-order chi connectivity index (χ0) is 16.2. The number of hydrogen-bond acceptors (Lipinski definition) is 4. The highest BCUT2D eigenvalue weighted by molar-refractivity contribution is 5.90. The minimum Gasteiger partial charge on any atom is -0.493 e. The monoisotopic (exact) mass is 293 g/mol. The average Bonchev–Trinajstić information content (AvgIpc) is 2.35. The zero-order valence-electron chi connectivity index (χ0n) is 13.5. The molecular formula is C16H23NO4. The number of benzene rings is 1. The fourth-order valence-corrected chi connectivity index (χ4v) is 1.75. The number of allylic oxidation sites excluding steroid dienone is 1. The van der Waals surface area contributed by atoms with Crippen molar-refractivity contribution < 1.29 is 19.0 Å². The standard InChI is InChI=1S/C16H23NO4/c1-10(2)11-8-13(19-6)14(20-7)9-12(11)17-15(18)21-16(3,4)5/h8-9H,1H2,2-7H3,(H,17,18). The van der Waals surface area contributed by atoms with Crippen LogP contribution in [0.5, 0.6) is 11.5 Å². The molecule has 0 aliphatic carbocycles. The minimum absolute atomic E-state index is 0.522. The Morgan fingerprint density at radius 2 is 1.67 bits per heavy atom. The van der Waals surface area contributed by atoms with Crippen molar-refractivity contribution in [2.24, 2.45) is 0 Å². The molecule has 0 aliphatic rings. The fraction of sp³-hybridized carbons (Fsp3) is 0.438. The molecule has 1 N–H and O–H groups in total. The average molecular weight is 293 g/mol. The first kappa shape index (κ1) is 16.9. The van der Waals surface area contributed by atoms with E-state index in [1.54, 1.807) is 40.0 Å². The molecule has 0 heterocycles. The van der Waals surface area contributed by atoms with E-state index in [2.05, 4.69) is 11.9 Å². The molecule has 1 aromatic carbocycles. The molecule has 116 valence electrons. The van der Waals surface area contributed by atoms with E-state index in [1.807, 2.05) is 6.92 Å². The van der Waals surface area contributed by atoms with Crippen molar-refractivity contribution >= 4 is 17.4 Å². The van der Waals surface area contributed by atoms with E-state index in [0.29, 0.717) is 17.2 Å². The van der Waals surface area contributed by atoms with E-state index in [1.165, 1.54) is 7.11 Å². The maximum Gasteiger partial charge on any atom is 0.412 e. The van der Waals surface area contributed by atoms with Gasteiger partial charge in [-0.2, -0.15) is 0 Å². The molecule has 0 unspecified atom stereocenters. The van der Waals surface area contributed by atoms with Gasteiger partial charge >= 0.3 is 6.09 Å². The van der Waals surface area contributed by atoms with Gasteiger partial charge in [0, 0.05) is 11.6 Å². The SMILES string of the molecule is C=C(C)c1cc(OC)c(OC)cc1NC(=O)OC(C)(C)C. The van der Waals surface area contributed by atoms with Crippen molar-refractivity contribution in [2.45, 2.75) is 33.3 Å². The van der Waals surface area contributed by atoms with Gasteiger partial charge in [0.15, 0.2) is 11.5 Å². The number of amides is 1. The topological polar surface area (TPSA) is 56.8 Å². The summed E-state index contributed by atoms with van der Waals surface area (Å²) >= 11 is 0. The van der Waals surface area contributed by atoms with Crippen molar-refractivity contribution in [1.29, 1.82) is 0 Å². The number of methoxy groups -OCH3 is 2. The van der Waals surface area contributed by atoms with Crippen LogP contribution in [-0.4, -0.2) is 25.9 Å². The first-order valence-electron chi connectivity index (χ1n) is 6.60. The second kappa shape index (κ2) is 6.52. The lowest BCUT2D eigenvalue weighted by atomic mass is 10.1. The van der Waals surface area contributed by atoms with Gasteiger partial charge in [0.2, 0.25) is 0 Å². The molecule has 0 saturated carbocycles. The number of carbonyl (C=O) groups is 1. The van der Waals surface area contributed by atoms with E-state index in [0.717, 1.165) is 11.1 Å². The molecule has 0 saturated heterocycles. The van der Waals surface area contributed by atoms with Crippen LogP contribution >= 0.6 is 0 Å². The Morgan fingerprint density at radius 3 is 2.10 bits per heavy atom. The lowest BCUT2D eigenvalue weighted by Gasteiger charge is -2.21. The van der Waals surface area contributed by atoms with Gasteiger partial charge in [-0.25, -0.2) is 4.79 Å². The Hall–Kier alpha value is -2.17. The summed E-state index contributed by atoms with van der Waals surface area (Å²) in [4.78, 5) is 11.9. The van der Waals surface area contributed by atoms with Gasteiger partial charge in [-0.1, -0.05) is 6.58 Å². The van der Waals surface area contributed by atoms with Crippen molar-refractivity contribution in [3.8, 4) is 11.5 Å². The van der Waals surface area contributed by atoms with E-state index < -0.39 is 11.7 Å². The quantitative estimate of drug-likeness (QED) is 0.908. The van der Waals surface area contributed by atoms with Crippen LogP contribution in [0.3, 0.4) is 0 Å². The van der Waals surface area contributed by atoms with Crippen LogP contribution in [0.4, 0.5) is 10.5 Å². The van der Waals surface area contributed by atoms with E-state index in [-0.39, 0.29) is 0 Å². The number of hydrogen-bond donors (Lipinski definition) is 1. The van der Waals surface area contributed by atoms with Gasteiger partial charge in [0.25, 0.3) is 0 Å². The predicted octanol–water partition coefficient (Wildman–Crippen LogP) is 4.08. The largest absolute Gasteiger partial charge is 0.493 e. The van der Waals surface area contributed by atoms with Gasteiger partial charge < -0.3 is 14.2 Å². The summed E-state index contributed by atoms with van der Waals surface area (Å²) in [5.41, 5.74) is 1.55. The molecule has 5 nitrogen and oxygen atoms in total. The minimum atomic E-state index is -0.565. The Bertz CT molecular complexity index is 544. The lowest BCUT2D eigenvalue weighted by molar-refractivity contribution is 0.0636. The normalized spacial score (nSPS) is 10.8. The molecule has 1 amide bonds. The third-order valence-electron chi connectivity index (χ3n) is 2.62. The Morgan fingerprint density at radius 1 is 1.14 bits per heavy atom. The molecule has 0 bridgehead atoms. The molecule has 0 fully saturated rings. The smallest absolute Gasteiger partial charge is 0.412 e. The molecule has 0 atom stereocenters. The van der Waals surface area contributed by atoms with E-state index in [4.69, 9.17) is 14.2 Å². The highest BCUT2D eigenvalue weighted by Gasteiger charge is 2.19. The number of ether oxygens (including phenoxy) is 3. The van der Waals surface area contributed by atoms with Crippen LogP contribution in [0.2, 0.25) is 0 Å². The summed E-state index contributed by atoms with van der Waals surface area (Å²) in [6.07, 6.45) is -0.530. The predicted molar refractivity (Wildman–Crippen MR) is 84.1 cm³/mol. The van der Waals surface area contributed by atoms with Crippen LogP contribution < -0.4 is 14.8 Å². The van der Waals surface area contributed by atoms with Crippen molar-refractivity contribution in [3.05, 3.63) is 24.3 Å². The van der Waals surface area contributed by atoms with Crippen LogP contribution in [0.25, 0.3) is 5.57 Å². The molecule has 0 spiro atoms. The summed E-state index contributed by atoms with van der Waals surface area (Å²) in [6, 6.07) is 3.46. The molecule has 5 heteroatoms. The first-order valence-corrected chi connectivity index (χ1v) is 6.60. The van der Waals surface area contributed by atoms with Crippen LogP contribution in [-0.2, 0) is 4.74 Å². The third kappa shape index (κ3) is 4.70. The van der Waals surface area contributed by atoms with Crippen LogP contribution in [0, 0.1) is 0 Å². The van der Waals surface area contributed by atoms with Crippen LogP contribution in [0.1, 0.15) is 33.3 Å². The molecular weight excluding hydrogens is 270 g/mol. The second-order valence-corrected chi connectivity index (χ2v) is 5.66. The number of nitrogens with one attached hydrogen (secondary N) is 1. The van der Waals surface area contributed by atoms with Gasteiger partial charge in [-0.3, -0.25) is 5.32 Å². The first-order chi connectivity index (χ1) is 9.67. The highest BCUT2D eigenvalue weighted by atomic mass is 16.6. The number of carbonyl (C=O) groups excluding carboxylic acids is 1. The molecule has 1 rings (SSSR count). The van der Waals surface area contributed by atoms with Gasteiger partial charge in [-0.15, -0.1) is 0 Å². The molecule has 21 heavy (non-hydrogen) atoms. The third-order valence-corrected chi connectivity index (χ3v) is 2.62. The van der Waals surface area contributed by atoms with Crippen LogP contribution in [0.15, 0.2) is 18.7 Å². The van der Waals surface area contributed by atoms with Crippen molar-refractivity contribution in [3.63, 3.8) is 0 Å². The fourth-order valence-electron chi connectivity index (χ4n) is 1.75. The molecule has 0 aliphatic heterocycles. The van der Waals surface area contributed by atoms with E-state index in [9.17, 15) is 4.79 Å². The molecule has 0 radical (unpaired) electrons. The summed E-state index contributed by atoms with van der Waals surface area (Å²) in [5.74, 6) is 1.10. The zero-order valence-corrected chi connectivity index (χ0v) is 13.5. The Balaban J connectivity index is 3.15. The molecule has 1 aromatic rings. The summed E-state index contributed by atoms with van der Waals surface area (Å²) in [6.45, 7) is 11.2. The summed E-state index contributed by atoms with van der Waals surface area (Å²) < 4.78 is 15.8. The van der Waals surface area contributed by atoms with Gasteiger partial charge in [0.1, 0.15) is 5.60 Å². The van der Waals surface area contributed by atoms with Crippen molar-refractivity contribution in [2.75, 3.05) is 19.5 Å². The summed E-state index contributed by atoms with van der Waals surface area (Å²) in [7, 11) is 3.09. The molecule has 0 aromatic heterocycles. The Kier molecular flexibility index (Phi) is 5.24. The Labute approximate surface area is 125 Å². The second-order valence-electron chi connectivity index (χ2n) is 5.66. The number of anilines is 1. The maximum absolute atomic E-state index is 11.9. The highest BCUT2D eigenvalue weighted by Crippen LogP contribution is 2.36. The maximum atomic E-state index is 11.9. The lowest BCUT2D eigenvalue weighted by Crippen LogP contribution is -2.27. The summed E-state index contributed by atoms with van der Waals surface area (Å²) in [5, 5.41) is 2.72. The van der Waals surface area contributed by atoms with Crippen molar-refractivity contribution in [1.82, 2.24) is 0 Å².